The van der Waals surface area contributed by atoms with Crippen molar-refractivity contribution in [3.05, 3.63) is 24.3 Å². The van der Waals surface area contributed by atoms with E-state index in [9.17, 15) is 15.0 Å². The maximum Gasteiger partial charge on any atom is 0.254 e. The van der Waals surface area contributed by atoms with Crippen molar-refractivity contribution in [3.63, 3.8) is 0 Å². The molecular formula is C12H17N3O4. The summed E-state index contributed by atoms with van der Waals surface area (Å²) in [6.45, 7) is 0.346. The van der Waals surface area contributed by atoms with E-state index in [4.69, 9.17) is 4.74 Å². The number of carbonyl (C=O) groups is 1. The van der Waals surface area contributed by atoms with Crippen LogP contribution < -0.4 is 5.32 Å². The Morgan fingerprint density at radius 2 is 2.11 bits per heavy atom. The number of amides is 1. The molecule has 1 aliphatic carbocycles. The minimum Gasteiger partial charge on any atom is -0.390 e. The van der Waals surface area contributed by atoms with Gasteiger partial charge in [0.2, 0.25) is 0 Å². The molecule has 19 heavy (non-hydrogen) atoms. The summed E-state index contributed by atoms with van der Waals surface area (Å²) in [5, 5.41) is 22.4. The molecule has 1 aliphatic rings. The number of methoxy groups -OCH3 is 1. The molecule has 4 atom stereocenters. The number of aliphatic hydroxyl groups excluding tert-OH is 2. The lowest BCUT2D eigenvalue weighted by molar-refractivity contribution is -0.00552. The van der Waals surface area contributed by atoms with Gasteiger partial charge >= 0.3 is 0 Å². The van der Waals surface area contributed by atoms with Crippen LogP contribution in [0.2, 0.25) is 0 Å². The Kier molecular flexibility index (Phi) is 4.41. The first-order valence-corrected chi connectivity index (χ1v) is 6.04. The van der Waals surface area contributed by atoms with Crippen molar-refractivity contribution in [1.82, 2.24) is 15.3 Å². The fourth-order valence-electron chi connectivity index (χ4n) is 2.31. The number of ether oxygens (including phenoxy) is 1. The van der Waals surface area contributed by atoms with E-state index >= 15 is 0 Å². The average molecular weight is 267 g/mol. The molecule has 7 heteroatoms. The van der Waals surface area contributed by atoms with Crippen molar-refractivity contribution in [2.75, 3.05) is 13.7 Å². The van der Waals surface area contributed by atoms with Crippen molar-refractivity contribution in [1.29, 1.82) is 0 Å². The third-order valence-corrected chi connectivity index (χ3v) is 3.32. The van der Waals surface area contributed by atoms with Gasteiger partial charge in [-0.2, -0.15) is 0 Å². The van der Waals surface area contributed by atoms with E-state index in [-0.39, 0.29) is 11.8 Å². The van der Waals surface area contributed by atoms with Crippen LogP contribution in [-0.2, 0) is 4.74 Å². The number of aliphatic hydroxyl groups is 2. The van der Waals surface area contributed by atoms with Crippen LogP contribution >= 0.6 is 0 Å². The highest BCUT2D eigenvalue weighted by Crippen LogP contribution is 2.27. The smallest absolute Gasteiger partial charge is 0.254 e. The molecule has 1 aromatic heterocycles. The Morgan fingerprint density at radius 3 is 2.74 bits per heavy atom. The Balaban J connectivity index is 1.98. The second-order valence-corrected chi connectivity index (χ2v) is 4.64. The SMILES string of the molecule is COC[C@H]1C[C@@H](NC(=O)c2cncnc2)[C@H](O)[C@@H]1O. The van der Waals surface area contributed by atoms with Crippen molar-refractivity contribution in [3.8, 4) is 0 Å². The van der Waals surface area contributed by atoms with E-state index in [0.29, 0.717) is 18.6 Å². The maximum absolute atomic E-state index is 11.9. The second kappa shape index (κ2) is 6.05. The van der Waals surface area contributed by atoms with Gasteiger partial charge in [0.05, 0.1) is 24.3 Å². The summed E-state index contributed by atoms with van der Waals surface area (Å²) >= 11 is 0. The third-order valence-electron chi connectivity index (χ3n) is 3.32. The fraction of sp³-hybridized carbons (Fsp3) is 0.583. The Labute approximate surface area is 110 Å². The number of hydrogen-bond donors (Lipinski definition) is 3. The van der Waals surface area contributed by atoms with Crippen molar-refractivity contribution >= 4 is 5.91 Å². The molecule has 1 saturated carbocycles. The number of aromatic nitrogens is 2. The molecule has 3 N–H and O–H groups in total. The van der Waals surface area contributed by atoms with E-state index < -0.39 is 18.2 Å². The largest absolute Gasteiger partial charge is 0.390 e. The monoisotopic (exact) mass is 267 g/mol. The van der Waals surface area contributed by atoms with Crippen molar-refractivity contribution in [2.45, 2.75) is 24.7 Å². The zero-order valence-corrected chi connectivity index (χ0v) is 10.6. The summed E-state index contributed by atoms with van der Waals surface area (Å²) in [7, 11) is 1.53. The Morgan fingerprint density at radius 1 is 1.42 bits per heavy atom. The quantitative estimate of drug-likeness (QED) is 0.644. The average Bonchev–Trinajstić information content (AvgIpc) is 2.69. The molecule has 1 fully saturated rings. The summed E-state index contributed by atoms with van der Waals surface area (Å²) in [6.07, 6.45) is 2.71. The molecule has 104 valence electrons. The van der Waals surface area contributed by atoms with Crippen LogP contribution in [0.15, 0.2) is 18.7 Å². The zero-order valence-electron chi connectivity index (χ0n) is 10.6. The van der Waals surface area contributed by atoms with Gasteiger partial charge in [0, 0.05) is 25.4 Å². The first-order chi connectivity index (χ1) is 9.13. The molecule has 1 heterocycles. The highest BCUT2D eigenvalue weighted by Gasteiger charge is 2.42. The topological polar surface area (TPSA) is 105 Å². The number of nitrogens with zero attached hydrogens (tertiary/aromatic N) is 2. The molecule has 1 aromatic rings. The van der Waals surface area contributed by atoms with Crippen LogP contribution in [0.1, 0.15) is 16.8 Å². The first kappa shape index (κ1) is 13.9. The van der Waals surface area contributed by atoms with Gasteiger partial charge in [-0.3, -0.25) is 4.79 Å². The minimum atomic E-state index is -0.992. The van der Waals surface area contributed by atoms with Crippen LogP contribution in [0.4, 0.5) is 0 Å². The van der Waals surface area contributed by atoms with Gasteiger partial charge in [0.1, 0.15) is 12.4 Å². The molecule has 0 spiro atoms. The predicted octanol–water partition coefficient (Wildman–Crippen LogP) is -1.04. The van der Waals surface area contributed by atoms with Crippen LogP contribution in [0.25, 0.3) is 0 Å². The number of rotatable bonds is 4. The lowest BCUT2D eigenvalue weighted by Gasteiger charge is -2.17. The number of carbonyl (C=O) groups excluding carboxylic acids is 1. The Hall–Kier alpha value is -1.57. The van der Waals surface area contributed by atoms with Gasteiger partial charge in [0.15, 0.2) is 0 Å². The summed E-state index contributed by atoms with van der Waals surface area (Å²) in [4.78, 5) is 19.4. The molecule has 0 radical (unpaired) electrons. The van der Waals surface area contributed by atoms with Gasteiger partial charge in [-0.1, -0.05) is 0 Å². The molecule has 7 nitrogen and oxygen atoms in total. The molecular weight excluding hydrogens is 250 g/mol. The molecule has 1 amide bonds. The maximum atomic E-state index is 11.9. The van der Waals surface area contributed by atoms with Gasteiger partial charge in [0.25, 0.3) is 5.91 Å². The van der Waals surface area contributed by atoms with E-state index in [1.54, 1.807) is 0 Å². The Bertz CT molecular complexity index is 428. The summed E-state index contributed by atoms with van der Waals surface area (Å²) < 4.78 is 4.98. The number of nitrogens with one attached hydrogen (secondary N) is 1. The standard InChI is InChI=1S/C12H17N3O4/c1-19-5-7-2-9(11(17)10(7)16)15-12(18)8-3-13-6-14-4-8/h3-4,6-7,9-11,16-17H,2,5H2,1H3,(H,15,18)/t7-,9-,10-,11+/m1/s1. The van der Waals surface area contributed by atoms with Crippen LogP contribution in [-0.4, -0.2) is 58.1 Å². The molecule has 0 saturated heterocycles. The van der Waals surface area contributed by atoms with Crippen LogP contribution in [0.3, 0.4) is 0 Å². The zero-order chi connectivity index (χ0) is 13.8. The fourth-order valence-corrected chi connectivity index (χ4v) is 2.31. The van der Waals surface area contributed by atoms with E-state index in [1.807, 2.05) is 0 Å². The lowest BCUT2D eigenvalue weighted by Crippen LogP contribution is -2.43. The molecule has 0 unspecified atom stereocenters. The summed E-state index contributed by atoms with van der Waals surface area (Å²) in [6, 6.07) is -0.497. The lowest BCUT2D eigenvalue weighted by atomic mass is 10.1. The van der Waals surface area contributed by atoms with Gasteiger partial charge in [-0.25, -0.2) is 9.97 Å². The van der Waals surface area contributed by atoms with Crippen molar-refractivity contribution in [2.24, 2.45) is 5.92 Å². The normalized spacial score (nSPS) is 30.3. The van der Waals surface area contributed by atoms with Gasteiger partial charge in [-0.15, -0.1) is 0 Å². The van der Waals surface area contributed by atoms with E-state index in [0.717, 1.165) is 0 Å². The number of hydrogen-bond acceptors (Lipinski definition) is 6. The summed E-state index contributed by atoms with van der Waals surface area (Å²) in [5.41, 5.74) is 0.319. The van der Waals surface area contributed by atoms with E-state index in [1.165, 1.54) is 25.8 Å². The van der Waals surface area contributed by atoms with Crippen LogP contribution in [0, 0.1) is 5.92 Å². The second-order valence-electron chi connectivity index (χ2n) is 4.64. The third kappa shape index (κ3) is 3.06. The molecule has 2 rings (SSSR count). The van der Waals surface area contributed by atoms with Gasteiger partial charge < -0.3 is 20.3 Å². The van der Waals surface area contributed by atoms with Crippen LogP contribution in [0.5, 0.6) is 0 Å². The molecule has 0 aromatic carbocycles. The highest BCUT2D eigenvalue weighted by molar-refractivity contribution is 5.93. The van der Waals surface area contributed by atoms with Crippen molar-refractivity contribution < 1.29 is 19.7 Å². The molecule has 0 aliphatic heterocycles. The van der Waals surface area contributed by atoms with Gasteiger partial charge in [-0.05, 0) is 6.42 Å². The minimum absolute atomic E-state index is 0.183. The summed E-state index contributed by atoms with van der Waals surface area (Å²) in [5.74, 6) is -0.549. The predicted molar refractivity (Wildman–Crippen MR) is 65.3 cm³/mol. The molecule has 0 bridgehead atoms. The van der Waals surface area contributed by atoms with E-state index in [2.05, 4.69) is 15.3 Å². The first-order valence-electron chi connectivity index (χ1n) is 6.04. The highest BCUT2D eigenvalue weighted by atomic mass is 16.5.